The maximum Gasteiger partial charge on any atom is -0.0417 e. The van der Waals surface area contributed by atoms with Crippen molar-refractivity contribution in [3.63, 3.8) is 0 Å². The second kappa shape index (κ2) is 7.64. The van der Waals surface area contributed by atoms with Crippen molar-refractivity contribution < 1.29 is 0 Å². The first kappa shape index (κ1) is 12.0. The van der Waals surface area contributed by atoms with Crippen molar-refractivity contribution in [1.82, 2.24) is 0 Å². The zero-order valence-electron chi connectivity index (χ0n) is 9.40. The SMILES string of the molecule is CCCCCC[C@@H](C)[C@@H](C)CC. The third-order valence-electron chi connectivity index (χ3n) is 3.13. The van der Waals surface area contributed by atoms with E-state index in [1.165, 1.54) is 38.5 Å². The van der Waals surface area contributed by atoms with E-state index in [0.29, 0.717) is 0 Å². The Bertz CT molecular complexity index is 86.0. The first-order valence-corrected chi connectivity index (χ1v) is 5.72. The highest BCUT2D eigenvalue weighted by Crippen LogP contribution is 2.20. The van der Waals surface area contributed by atoms with Gasteiger partial charge in [0.15, 0.2) is 0 Å². The maximum absolute atomic E-state index is 2.40. The fourth-order valence-corrected chi connectivity index (χ4v) is 1.58. The number of rotatable bonds is 7. The van der Waals surface area contributed by atoms with Crippen molar-refractivity contribution in [2.75, 3.05) is 0 Å². The van der Waals surface area contributed by atoms with Crippen molar-refractivity contribution in [2.24, 2.45) is 11.8 Å². The highest BCUT2D eigenvalue weighted by Gasteiger charge is 2.08. The van der Waals surface area contributed by atoms with Crippen LogP contribution in [0.25, 0.3) is 0 Å². The van der Waals surface area contributed by atoms with Crippen LogP contribution in [0.1, 0.15) is 66.2 Å². The van der Waals surface area contributed by atoms with Crippen molar-refractivity contribution in [3.05, 3.63) is 0 Å². The molecule has 0 radical (unpaired) electrons. The topological polar surface area (TPSA) is 0 Å². The Morgan fingerprint density at radius 3 is 2.00 bits per heavy atom. The average molecular weight is 170 g/mol. The molecule has 0 heteroatoms. The Balaban J connectivity index is 3.24. The van der Waals surface area contributed by atoms with E-state index in [1.807, 2.05) is 0 Å². The van der Waals surface area contributed by atoms with E-state index in [4.69, 9.17) is 0 Å². The van der Waals surface area contributed by atoms with Gasteiger partial charge < -0.3 is 0 Å². The standard InChI is InChI=1S/C12H26/c1-5-7-8-9-10-12(4)11(3)6-2/h11-12H,5-10H2,1-4H3/t11-,12+/m0/s1. The van der Waals surface area contributed by atoms with Crippen molar-refractivity contribution >= 4 is 0 Å². The Labute approximate surface area is 78.8 Å². The lowest BCUT2D eigenvalue weighted by molar-refractivity contribution is 0.343. The highest BCUT2D eigenvalue weighted by molar-refractivity contribution is 4.60. The molecule has 0 bridgehead atoms. The van der Waals surface area contributed by atoms with Gasteiger partial charge in [0, 0.05) is 0 Å². The van der Waals surface area contributed by atoms with E-state index in [2.05, 4.69) is 27.7 Å². The predicted molar refractivity (Wildman–Crippen MR) is 57.4 cm³/mol. The van der Waals surface area contributed by atoms with Gasteiger partial charge in [0.25, 0.3) is 0 Å². The van der Waals surface area contributed by atoms with Crippen LogP contribution in [0.4, 0.5) is 0 Å². The summed E-state index contributed by atoms with van der Waals surface area (Å²) in [7, 11) is 0. The molecule has 0 amide bonds. The lowest BCUT2D eigenvalue weighted by Crippen LogP contribution is -2.06. The molecule has 0 saturated heterocycles. The first-order valence-electron chi connectivity index (χ1n) is 5.72. The summed E-state index contributed by atoms with van der Waals surface area (Å²) in [4.78, 5) is 0. The molecule has 0 aromatic rings. The van der Waals surface area contributed by atoms with Gasteiger partial charge in [-0.25, -0.2) is 0 Å². The fraction of sp³-hybridized carbons (Fsp3) is 1.00. The van der Waals surface area contributed by atoms with Crippen LogP contribution in [0.3, 0.4) is 0 Å². The third-order valence-corrected chi connectivity index (χ3v) is 3.13. The van der Waals surface area contributed by atoms with E-state index >= 15 is 0 Å². The predicted octanol–water partition coefficient (Wildman–Crippen LogP) is 4.64. The minimum atomic E-state index is 0.923. The lowest BCUT2D eigenvalue weighted by Gasteiger charge is -2.17. The van der Waals surface area contributed by atoms with Gasteiger partial charge in [0.05, 0.1) is 0 Å². The molecule has 0 fully saturated rings. The molecule has 0 aliphatic heterocycles. The molecule has 0 aliphatic carbocycles. The molecule has 0 aromatic heterocycles. The van der Waals surface area contributed by atoms with Crippen LogP contribution < -0.4 is 0 Å². The largest absolute Gasteiger partial charge is 0.0654 e. The van der Waals surface area contributed by atoms with Crippen LogP contribution in [-0.2, 0) is 0 Å². The fourth-order valence-electron chi connectivity index (χ4n) is 1.58. The lowest BCUT2D eigenvalue weighted by atomic mass is 9.89. The molecule has 74 valence electrons. The van der Waals surface area contributed by atoms with Gasteiger partial charge in [-0.3, -0.25) is 0 Å². The summed E-state index contributed by atoms with van der Waals surface area (Å²) in [5.74, 6) is 1.86. The summed E-state index contributed by atoms with van der Waals surface area (Å²) in [5.41, 5.74) is 0. The van der Waals surface area contributed by atoms with Crippen molar-refractivity contribution in [2.45, 2.75) is 66.2 Å². The molecular formula is C12H26. The first-order chi connectivity index (χ1) is 5.72. The zero-order chi connectivity index (χ0) is 9.40. The van der Waals surface area contributed by atoms with Gasteiger partial charge in [-0.05, 0) is 11.8 Å². The average Bonchev–Trinajstić information content (AvgIpc) is 2.10. The molecule has 0 aliphatic rings. The van der Waals surface area contributed by atoms with Crippen LogP contribution in [0.15, 0.2) is 0 Å². The Morgan fingerprint density at radius 1 is 0.833 bits per heavy atom. The summed E-state index contributed by atoms with van der Waals surface area (Å²) < 4.78 is 0. The van der Waals surface area contributed by atoms with Gasteiger partial charge >= 0.3 is 0 Å². The summed E-state index contributed by atoms with van der Waals surface area (Å²) >= 11 is 0. The zero-order valence-corrected chi connectivity index (χ0v) is 9.40. The number of unbranched alkanes of at least 4 members (excludes halogenated alkanes) is 3. The second-order valence-electron chi connectivity index (χ2n) is 4.21. The van der Waals surface area contributed by atoms with E-state index < -0.39 is 0 Å². The molecule has 0 spiro atoms. The van der Waals surface area contributed by atoms with Gasteiger partial charge in [-0.15, -0.1) is 0 Å². The molecule has 0 saturated carbocycles. The van der Waals surface area contributed by atoms with Crippen LogP contribution in [-0.4, -0.2) is 0 Å². The van der Waals surface area contributed by atoms with Crippen LogP contribution in [0.5, 0.6) is 0 Å². The van der Waals surface area contributed by atoms with E-state index in [9.17, 15) is 0 Å². The molecule has 0 nitrogen and oxygen atoms in total. The van der Waals surface area contributed by atoms with Gasteiger partial charge in [-0.1, -0.05) is 66.2 Å². The minimum Gasteiger partial charge on any atom is -0.0654 e. The molecule has 0 rings (SSSR count). The molecule has 0 heterocycles. The minimum absolute atomic E-state index is 0.923. The second-order valence-corrected chi connectivity index (χ2v) is 4.21. The summed E-state index contributed by atoms with van der Waals surface area (Å²) in [5, 5.41) is 0. The van der Waals surface area contributed by atoms with E-state index in [-0.39, 0.29) is 0 Å². The monoisotopic (exact) mass is 170 g/mol. The highest BCUT2D eigenvalue weighted by atomic mass is 14.1. The Hall–Kier alpha value is 0. The quantitative estimate of drug-likeness (QED) is 0.488. The molecular weight excluding hydrogens is 144 g/mol. The maximum atomic E-state index is 2.40. The smallest absolute Gasteiger partial charge is 0.0417 e. The van der Waals surface area contributed by atoms with Crippen molar-refractivity contribution in [3.8, 4) is 0 Å². The summed E-state index contributed by atoms with van der Waals surface area (Å²) in [6.07, 6.45) is 8.45. The van der Waals surface area contributed by atoms with Gasteiger partial charge in [0.2, 0.25) is 0 Å². The molecule has 12 heavy (non-hydrogen) atoms. The number of hydrogen-bond acceptors (Lipinski definition) is 0. The Kier molecular flexibility index (Phi) is 7.64. The summed E-state index contributed by atoms with van der Waals surface area (Å²) in [6, 6.07) is 0. The molecule has 2 atom stereocenters. The normalized spacial score (nSPS) is 16.0. The van der Waals surface area contributed by atoms with E-state index in [1.54, 1.807) is 0 Å². The summed E-state index contributed by atoms with van der Waals surface area (Å²) in [6.45, 7) is 9.36. The van der Waals surface area contributed by atoms with Crippen LogP contribution in [0.2, 0.25) is 0 Å². The molecule has 0 unspecified atom stereocenters. The van der Waals surface area contributed by atoms with Crippen molar-refractivity contribution in [1.29, 1.82) is 0 Å². The third kappa shape index (κ3) is 5.62. The van der Waals surface area contributed by atoms with E-state index in [0.717, 1.165) is 11.8 Å². The number of hydrogen-bond donors (Lipinski definition) is 0. The van der Waals surface area contributed by atoms with Crippen LogP contribution in [0, 0.1) is 11.8 Å². The Morgan fingerprint density at radius 2 is 1.50 bits per heavy atom. The van der Waals surface area contributed by atoms with Crippen LogP contribution >= 0.6 is 0 Å². The van der Waals surface area contributed by atoms with Gasteiger partial charge in [0.1, 0.15) is 0 Å². The molecule has 0 N–H and O–H groups in total. The molecule has 0 aromatic carbocycles. The van der Waals surface area contributed by atoms with Gasteiger partial charge in [-0.2, -0.15) is 0 Å².